The third-order valence-corrected chi connectivity index (χ3v) is 5.04. The Morgan fingerprint density at radius 2 is 2.17 bits per heavy atom. The van der Waals surface area contributed by atoms with Crippen molar-refractivity contribution in [1.82, 2.24) is 19.7 Å². The first kappa shape index (κ1) is 15.9. The topological polar surface area (TPSA) is 63.4 Å². The number of benzene rings is 1. The number of phenols is 1. The van der Waals surface area contributed by atoms with Gasteiger partial charge in [-0.05, 0) is 31.0 Å². The molecule has 0 radical (unpaired) electrons. The molecule has 7 heteroatoms. The summed E-state index contributed by atoms with van der Waals surface area (Å²) in [5.41, 5.74) is 0.861. The molecule has 0 amide bonds. The maximum atomic E-state index is 10.0. The number of ether oxygens (including phenoxy) is 1. The van der Waals surface area contributed by atoms with E-state index in [-0.39, 0.29) is 6.10 Å². The quantitative estimate of drug-likeness (QED) is 0.923. The van der Waals surface area contributed by atoms with E-state index in [1.165, 1.54) is 0 Å². The molecule has 6 nitrogen and oxygen atoms in total. The largest absolute Gasteiger partial charge is 0.508 e. The van der Waals surface area contributed by atoms with E-state index >= 15 is 0 Å². The molecule has 2 aromatic rings. The van der Waals surface area contributed by atoms with Gasteiger partial charge in [0.2, 0.25) is 0 Å². The normalized spacial score (nSPS) is 21.6. The van der Waals surface area contributed by atoms with Gasteiger partial charge in [0.25, 0.3) is 0 Å². The zero-order chi connectivity index (χ0) is 16.5. The molecule has 128 valence electrons. The van der Waals surface area contributed by atoms with Crippen LogP contribution in [0.1, 0.15) is 36.2 Å². The van der Waals surface area contributed by atoms with Crippen LogP contribution in [0.2, 0.25) is 5.02 Å². The molecular formula is C17H21ClN4O2. The molecule has 24 heavy (non-hydrogen) atoms. The molecule has 2 aliphatic rings. The van der Waals surface area contributed by atoms with Gasteiger partial charge in [-0.15, -0.1) is 10.2 Å². The average Bonchev–Trinajstić information content (AvgIpc) is 3.19. The van der Waals surface area contributed by atoms with Crippen molar-refractivity contribution in [3.8, 4) is 5.75 Å². The fraction of sp³-hybridized carbons (Fsp3) is 0.529. The predicted molar refractivity (Wildman–Crippen MR) is 90.0 cm³/mol. The summed E-state index contributed by atoms with van der Waals surface area (Å²) < 4.78 is 7.99. The first-order chi connectivity index (χ1) is 11.7. The number of aromatic nitrogens is 3. The molecule has 1 fully saturated rings. The first-order valence-electron chi connectivity index (χ1n) is 8.44. The maximum Gasteiger partial charge on any atom is 0.162 e. The third kappa shape index (κ3) is 3.14. The number of rotatable bonds is 3. The summed E-state index contributed by atoms with van der Waals surface area (Å²) in [6.45, 7) is 4.11. The van der Waals surface area contributed by atoms with Gasteiger partial charge in [0, 0.05) is 49.8 Å². The SMILES string of the molecule is Oc1ccc(Cl)cc1CN1CCc2nnc([C@H]3CCCO3)n2CC1. The molecular weight excluding hydrogens is 328 g/mol. The molecule has 1 aromatic heterocycles. The number of aromatic hydroxyl groups is 1. The predicted octanol–water partition coefficient (Wildman–Crippen LogP) is 2.55. The monoisotopic (exact) mass is 348 g/mol. The number of fused-ring (bicyclic) bond motifs is 1. The summed E-state index contributed by atoms with van der Waals surface area (Å²) in [5, 5.41) is 19.4. The summed E-state index contributed by atoms with van der Waals surface area (Å²) >= 11 is 6.05. The minimum Gasteiger partial charge on any atom is -0.508 e. The van der Waals surface area contributed by atoms with Gasteiger partial charge in [-0.3, -0.25) is 4.90 Å². The Balaban J connectivity index is 1.48. The molecule has 0 unspecified atom stereocenters. The van der Waals surface area contributed by atoms with Crippen LogP contribution in [-0.4, -0.2) is 44.5 Å². The lowest BCUT2D eigenvalue weighted by Gasteiger charge is -2.20. The molecule has 1 saturated heterocycles. The number of nitrogens with zero attached hydrogens (tertiary/aromatic N) is 4. The molecule has 0 spiro atoms. The van der Waals surface area contributed by atoms with E-state index in [1.54, 1.807) is 12.1 Å². The van der Waals surface area contributed by atoms with E-state index < -0.39 is 0 Å². The van der Waals surface area contributed by atoms with Crippen molar-refractivity contribution in [2.75, 3.05) is 19.7 Å². The van der Waals surface area contributed by atoms with Crippen molar-refractivity contribution >= 4 is 11.6 Å². The van der Waals surface area contributed by atoms with E-state index in [1.807, 2.05) is 6.07 Å². The summed E-state index contributed by atoms with van der Waals surface area (Å²) in [6, 6.07) is 5.19. The van der Waals surface area contributed by atoms with Gasteiger partial charge < -0.3 is 14.4 Å². The minimum absolute atomic E-state index is 0.0924. The van der Waals surface area contributed by atoms with Crippen LogP contribution >= 0.6 is 11.6 Å². The van der Waals surface area contributed by atoms with Crippen LogP contribution in [0.4, 0.5) is 0 Å². The number of halogens is 1. The van der Waals surface area contributed by atoms with Gasteiger partial charge in [0.15, 0.2) is 5.82 Å². The highest BCUT2D eigenvalue weighted by Gasteiger charge is 2.27. The van der Waals surface area contributed by atoms with Crippen molar-refractivity contribution in [2.45, 2.75) is 38.5 Å². The van der Waals surface area contributed by atoms with Crippen LogP contribution in [0.5, 0.6) is 5.75 Å². The van der Waals surface area contributed by atoms with Gasteiger partial charge in [0.05, 0.1) is 0 Å². The first-order valence-corrected chi connectivity index (χ1v) is 8.82. The molecule has 1 N–H and O–H groups in total. The van der Waals surface area contributed by atoms with E-state index in [4.69, 9.17) is 16.3 Å². The van der Waals surface area contributed by atoms with E-state index in [9.17, 15) is 5.11 Å². The van der Waals surface area contributed by atoms with Crippen LogP contribution in [0.25, 0.3) is 0 Å². The second kappa shape index (κ2) is 6.70. The molecule has 3 heterocycles. The highest BCUT2D eigenvalue weighted by atomic mass is 35.5. The molecule has 0 aliphatic carbocycles. The van der Waals surface area contributed by atoms with Crippen LogP contribution < -0.4 is 0 Å². The Hall–Kier alpha value is -1.63. The van der Waals surface area contributed by atoms with Crippen LogP contribution in [0.15, 0.2) is 18.2 Å². The Bertz CT molecular complexity index is 727. The Morgan fingerprint density at radius 3 is 3.00 bits per heavy atom. The van der Waals surface area contributed by atoms with Gasteiger partial charge in [-0.1, -0.05) is 11.6 Å². The zero-order valence-corrected chi connectivity index (χ0v) is 14.2. The standard InChI is InChI=1S/C17H21ClN4O2/c18-13-3-4-14(23)12(10-13)11-21-6-5-16-19-20-17(22(16)8-7-21)15-2-1-9-24-15/h3-4,10,15,23H,1-2,5-9,11H2/t15-/m1/s1. The molecule has 4 rings (SSSR count). The highest BCUT2D eigenvalue weighted by molar-refractivity contribution is 6.30. The third-order valence-electron chi connectivity index (χ3n) is 4.80. The summed E-state index contributed by atoms with van der Waals surface area (Å²) in [5.74, 6) is 2.29. The van der Waals surface area contributed by atoms with E-state index in [0.29, 0.717) is 17.3 Å². The van der Waals surface area contributed by atoms with E-state index in [2.05, 4.69) is 19.7 Å². The second-order valence-electron chi connectivity index (χ2n) is 6.43. The number of hydrogen-bond donors (Lipinski definition) is 1. The summed E-state index contributed by atoms with van der Waals surface area (Å²) in [6.07, 6.45) is 3.06. The van der Waals surface area contributed by atoms with E-state index in [0.717, 1.165) is 62.7 Å². The Kier molecular flexibility index (Phi) is 4.43. The number of phenolic OH excluding ortho intramolecular Hbond substituents is 1. The zero-order valence-electron chi connectivity index (χ0n) is 13.5. The van der Waals surface area contributed by atoms with Crippen molar-refractivity contribution in [3.63, 3.8) is 0 Å². The molecule has 2 aliphatic heterocycles. The Morgan fingerprint density at radius 1 is 1.25 bits per heavy atom. The lowest BCUT2D eigenvalue weighted by molar-refractivity contribution is 0.101. The van der Waals surface area contributed by atoms with Gasteiger partial charge >= 0.3 is 0 Å². The summed E-state index contributed by atoms with van der Waals surface area (Å²) in [4.78, 5) is 2.32. The average molecular weight is 349 g/mol. The molecule has 0 saturated carbocycles. The summed E-state index contributed by atoms with van der Waals surface area (Å²) in [7, 11) is 0. The molecule has 1 aromatic carbocycles. The fourth-order valence-electron chi connectivity index (χ4n) is 3.49. The van der Waals surface area contributed by atoms with Crippen molar-refractivity contribution < 1.29 is 9.84 Å². The van der Waals surface area contributed by atoms with Gasteiger partial charge in [-0.2, -0.15) is 0 Å². The highest BCUT2D eigenvalue weighted by Crippen LogP contribution is 2.29. The second-order valence-corrected chi connectivity index (χ2v) is 6.86. The van der Waals surface area contributed by atoms with Crippen LogP contribution in [-0.2, 0) is 24.2 Å². The lowest BCUT2D eigenvalue weighted by Crippen LogP contribution is -2.27. The van der Waals surface area contributed by atoms with Crippen molar-refractivity contribution in [1.29, 1.82) is 0 Å². The Labute approximate surface area is 146 Å². The molecule has 1 atom stereocenters. The smallest absolute Gasteiger partial charge is 0.162 e. The fourth-order valence-corrected chi connectivity index (χ4v) is 3.68. The molecule has 0 bridgehead atoms. The maximum absolute atomic E-state index is 10.0. The number of hydrogen-bond acceptors (Lipinski definition) is 5. The van der Waals surface area contributed by atoms with Gasteiger partial charge in [-0.25, -0.2) is 0 Å². The lowest BCUT2D eigenvalue weighted by atomic mass is 10.2. The van der Waals surface area contributed by atoms with Crippen molar-refractivity contribution in [2.24, 2.45) is 0 Å². The van der Waals surface area contributed by atoms with Crippen LogP contribution in [0.3, 0.4) is 0 Å². The minimum atomic E-state index is 0.0924. The van der Waals surface area contributed by atoms with Gasteiger partial charge in [0.1, 0.15) is 17.7 Å². The van der Waals surface area contributed by atoms with Crippen LogP contribution in [0, 0.1) is 0 Å². The van der Waals surface area contributed by atoms with Crippen molar-refractivity contribution in [3.05, 3.63) is 40.4 Å².